The first-order valence-corrected chi connectivity index (χ1v) is 4.49. The van der Waals surface area contributed by atoms with Crippen LogP contribution in [0.5, 0.6) is 0 Å². The smallest absolute Gasteiger partial charge is 0.104 e. The van der Waals surface area contributed by atoms with Crippen LogP contribution in [-0.2, 0) is 0 Å². The molecule has 2 aliphatic carbocycles. The Morgan fingerprint density at radius 2 is 2.11 bits per heavy atom. The molecule has 0 nitrogen and oxygen atoms in total. The highest BCUT2D eigenvalue weighted by Crippen LogP contribution is 2.49. The van der Waals surface area contributed by atoms with Crippen molar-refractivity contribution >= 4 is 15.9 Å². The molecule has 2 rings (SSSR count). The lowest BCUT2D eigenvalue weighted by Gasteiger charge is -2.11. The molecule has 0 N–H and O–H groups in total. The topological polar surface area (TPSA) is 0 Å². The molecular weight excluding hydrogens is 183 g/mol. The number of rotatable bonds is 0. The second-order valence-electron chi connectivity index (χ2n) is 3.20. The van der Waals surface area contributed by atoms with Crippen molar-refractivity contribution in [2.24, 2.45) is 11.8 Å². The molecule has 2 aliphatic rings. The predicted molar refractivity (Wildman–Crippen MR) is 38.4 cm³/mol. The van der Waals surface area contributed by atoms with Crippen molar-refractivity contribution in [1.29, 1.82) is 0 Å². The van der Waals surface area contributed by atoms with Crippen LogP contribution in [0.1, 0.15) is 19.3 Å². The molecule has 0 aromatic heterocycles. The van der Waals surface area contributed by atoms with Gasteiger partial charge < -0.3 is 0 Å². The van der Waals surface area contributed by atoms with Gasteiger partial charge in [-0.15, -0.1) is 0 Å². The molecule has 0 heterocycles. The van der Waals surface area contributed by atoms with E-state index < -0.39 is 6.17 Å². The quantitative estimate of drug-likeness (QED) is 0.518. The van der Waals surface area contributed by atoms with E-state index in [4.69, 9.17) is 0 Å². The van der Waals surface area contributed by atoms with Gasteiger partial charge in [0.05, 0.1) is 0 Å². The molecule has 0 aromatic rings. The number of hydrogen-bond acceptors (Lipinski definition) is 0. The van der Waals surface area contributed by atoms with E-state index in [1.807, 2.05) is 0 Å². The zero-order valence-corrected chi connectivity index (χ0v) is 6.77. The fourth-order valence-corrected chi connectivity index (χ4v) is 3.24. The fourth-order valence-electron chi connectivity index (χ4n) is 2.17. The van der Waals surface area contributed by atoms with E-state index in [0.717, 1.165) is 12.8 Å². The van der Waals surface area contributed by atoms with E-state index in [1.165, 1.54) is 6.42 Å². The first-order valence-electron chi connectivity index (χ1n) is 3.57. The summed E-state index contributed by atoms with van der Waals surface area (Å²) in [6.45, 7) is 0. The van der Waals surface area contributed by atoms with Gasteiger partial charge in [-0.25, -0.2) is 4.39 Å². The largest absolute Gasteiger partial charge is 0.247 e. The Balaban J connectivity index is 2.16. The van der Waals surface area contributed by atoms with E-state index in [-0.39, 0.29) is 0 Å². The molecule has 0 saturated heterocycles. The van der Waals surface area contributed by atoms with E-state index in [1.54, 1.807) is 0 Å². The van der Waals surface area contributed by atoms with Crippen LogP contribution in [0, 0.1) is 11.8 Å². The second kappa shape index (κ2) is 1.94. The minimum Gasteiger partial charge on any atom is -0.247 e. The maximum Gasteiger partial charge on any atom is 0.104 e. The maximum absolute atomic E-state index is 12.8. The van der Waals surface area contributed by atoms with Gasteiger partial charge in [0.1, 0.15) is 6.17 Å². The Morgan fingerprint density at radius 1 is 1.33 bits per heavy atom. The van der Waals surface area contributed by atoms with Gasteiger partial charge in [-0.2, -0.15) is 0 Å². The van der Waals surface area contributed by atoms with Crippen LogP contribution in [-0.4, -0.2) is 11.0 Å². The summed E-state index contributed by atoms with van der Waals surface area (Å²) in [4.78, 5) is 0.507. The lowest BCUT2D eigenvalue weighted by molar-refractivity contribution is 0.231. The normalized spacial score (nSPS) is 56.7. The van der Waals surface area contributed by atoms with Gasteiger partial charge in [-0.1, -0.05) is 15.9 Å². The number of fused-ring (bicyclic) bond motifs is 2. The molecule has 0 radical (unpaired) electrons. The van der Waals surface area contributed by atoms with Crippen LogP contribution < -0.4 is 0 Å². The number of hydrogen-bond donors (Lipinski definition) is 0. The molecule has 1 unspecified atom stereocenters. The van der Waals surface area contributed by atoms with Crippen LogP contribution in [0.2, 0.25) is 0 Å². The average Bonchev–Trinajstić information content (AvgIpc) is 2.25. The molecule has 2 fully saturated rings. The van der Waals surface area contributed by atoms with Crippen molar-refractivity contribution in [2.75, 3.05) is 0 Å². The Bertz CT molecular complexity index is 126. The van der Waals surface area contributed by atoms with E-state index >= 15 is 0 Å². The van der Waals surface area contributed by atoms with Crippen LogP contribution in [0.15, 0.2) is 0 Å². The van der Waals surface area contributed by atoms with Gasteiger partial charge >= 0.3 is 0 Å². The first-order chi connectivity index (χ1) is 4.29. The summed E-state index contributed by atoms with van der Waals surface area (Å²) in [5.41, 5.74) is 0. The van der Waals surface area contributed by atoms with Gasteiger partial charge in [0.15, 0.2) is 0 Å². The zero-order valence-electron chi connectivity index (χ0n) is 5.19. The van der Waals surface area contributed by atoms with Gasteiger partial charge in [-0.05, 0) is 25.2 Å². The molecule has 9 heavy (non-hydrogen) atoms. The predicted octanol–water partition coefficient (Wildman–Crippen LogP) is 2.52. The van der Waals surface area contributed by atoms with Crippen molar-refractivity contribution in [3.8, 4) is 0 Å². The van der Waals surface area contributed by atoms with Crippen molar-refractivity contribution < 1.29 is 4.39 Å². The van der Waals surface area contributed by atoms with Gasteiger partial charge in [0, 0.05) is 10.7 Å². The summed E-state index contributed by atoms with van der Waals surface area (Å²) >= 11 is 3.53. The van der Waals surface area contributed by atoms with Crippen molar-refractivity contribution in [3.63, 3.8) is 0 Å². The first kappa shape index (κ1) is 6.14. The highest BCUT2D eigenvalue weighted by Gasteiger charge is 2.46. The molecule has 0 spiro atoms. The van der Waals surface area contributed by atoms with Crippen LogP contribution in [0.25, 0.3) is 0 Å². The third kappa shape index (κ3) is 0.754. The third-order valence-corrected chi connectivity index (χ3v) is 4.15. The van der Waals surface area contributed by atoms with Crippen molar-refractivity contribution in [2.45, 2.75) is 30.3 Å². The Morgan fingerprint density at radius 3 is 2.33 bits per heavy atom. The van der Waals surface area contributed by atoms with E-state index in [2.05, 4.69) is 15.9 Å². The SMILES string of the molecule is F[C@@H]1C[C@H]2CC[C@@H]1C2Br. The molecule has 2 heteroatoms. The summed E-state index contributed by atoms with van der Waals surface area (Å²) in [6.07, 6.45) is 2.69. The summed E-state index contributed by atoms with van der Waals surface area (Å²) in [5, 5.41) is 0. The molecule has 0 aromatic carbocycles. The Kier molecular flexibility index (Phi) is 1.33. The molecular formula is C7H10BrF. The van der Waals surface area contributed by atoms with E-state index in [0.29, 0.717) is 16.7 Å². The van der Waals surface area contributed by atoms with Crippen LogP contribution in [0.4, 0.5) is 4.39 Å². The van der Waals surface area contributed by atoms with Crippen molar-refractivity contribution in [1.82, 2.24) is 0 Å². The Hall–Kier alpha value is 0.410. The molecule has 4 atom stereocenters. The summed E-state index contributed by atoms with van der Waals surface area (Å²) in [7, 11) is 0. The summed E-state index contributed by atoms with van der Waals surface area (Å²) < 4.78 is 12.8. The Labute approximate surface area is 63.0 Å². The van der Waals surface area contributed by atoms with Crippen LogP contribution >= 0.6 is 15.9 Å². The van der Waals surface area contributed by atoms with E-state index in [9.17, 15) is 4.39 Å². The fraction of sp³-hybridized carbons (Fsp3) is 1.00. The minimum atomic E-state index is -0.492. The number of halogens is 2. The van der Waals surface area contributed by atoms with Gasteiger partial charge in [-0.3, -0.25) is 0 Å². The van der Waals surface area contributed by atoms with Crippen LogP contribution in [0.3, 0.4) is 0 Å². The number of alkyl halides is 2. The monoisotopic (exact) mass is 192 g/mol. The molecule has 2 saturated carbocycles. The third-order valence-electron chi connectivity index (χ3n) is 2.72. The lowest BCUT2D eigenvalue weighted by Crippen LogP contribution is -2.12. The minimum absolute atomic E-state index is 0.356. The maximum atomic E-state index is 12.8. The average molecular weight is 193 g/mol. The lowest BCUT2D eigenvalue weighted by atomic mass is 9.99. The van der Waals surface area contributed by atoms with Gasteiger partial charge in [0.25, 0.3) is 0 Å². The molecule has 0 aliphatic heterocycles. The highest BCUT2D eigenvalue weighted by atomic mass is 79.9. The molecule has 0 amide bonds. The zero-order chi connectivity index (χ0) is 6.43. The standard InChI is InChI=1S/C7H10BrF/c8-7-4-1-2-5(7)6(9)3-4/h4-7H,1-3H2/t4-,5+,6-,7?/m1/s1. The van der Waals surface area contributed by atoms with Gasteiger partial charge in [0.2, 0.25) is 0 Å². The molecule has 2 bridgehead atoms. The summed E-state index contributed by atoms with van der Waals surface area (Å²) in [6, 6.07) is 0. The van der Waals surface area contributed by atoms with Crippen molar-refractivity contribution in [3.05, 3.63) is 0 Å². The highest BCUT2D eigenvalue weighted by molar-refractivity contribution is 9.09. The molecule has 52 valence electrons. The summed E-state index contributed by atoms with van der Waals surface area (Å²) in [5.74, 6) is 1.01. The second-order valence-corrected chi connectivity index (χ2v) is 4.25.